The number of nitrogens with one attached hydrogen (secondary N) is 1. The number of halogens is 3. The van der Waals surface area contributed by atoms with Crippen LogP contribution in [0.5, 0.6) is 11.5 Å². The molecule has 0 aliphatic carbocycles. The molecule has 3 aromatic rings. The molecule has 2 amide bonds. The minimum absolute atomic E-state index is 0.00138. The summed E-state index contributed by atoms with van der Waals surface area (Å²) in [6.07, 6.45) is -4.82. The molecule has 6 nitrogen and oxygen atoms in total. The molecule has 1 aliphatic rings. The van der Waals surface area contributed by atoms with Crippen LogP contribution in [-0.4, -0.2) is 25.3 Å². The fourth-order valence-corrected chi connectivity index (χ4v) is 3.37. The van der Waals surface area contributed by atoms with Crippen molar-refractivity contribution in [2.75, 3.05) is 17.3 Å². The SMILES string of the molecule is COc1ccc(C2=C(Nc3ccc(OC(F)(F)F)cc3)C(=O)N(c3ccccc3)C2=O)cc1. The van der Waals surface area contributed by atoms with Crippen molar-refractivity contribution in [3.8, 4) is 11.5 Å². The van der Waals surface area contributed by atoms with E-state index in [4.69, 9.17) is 4.74 Å². The first kappa shape index (κ1) is 21.9. The average molecular weight is 454 g/mol. The number of carbonyl (C=O) groups is 2. The summed E-state index contributed by atoms with van der Waals surface area (Å²) >= 11 is 0. The van der Waals surface area contributed by atoms with E-state index in [9.17, 15) is 22.8 Å². The number of ether oxygens (including phenoxy) is 2. The van der Waals surface area contributed by atoms with Crippen molar-refractivity contribution in [3.05, 3.63) is 90.1 Å². The van der Waals surface area contributed by atoms with Gasteiger partial charge in [-0.05, 0) is 54.1 Å². The van der Waals surface area contributed by atoms with Gasteiger partial charge in [0.15, 0.2) is 0 Å². The van der Waals surface area contributed by atoms with Gasteiger partial charge in [-0.15, -0.1) is 13.2 Å². The highest BCUT2D eigenvalue weighted by Gasteiger charge is 2.40. The van der Waals surface area contributed by atoms with Gasteiger partial charge in [0.1, 0.15) is 17.2 Å². The number of hydrogen-bond donors (Lipinski definition) is 1. The summed E-state index contributed by atoms with van der Waals surface area (Å²) in [6.45, 7) is 0. The predicted molar refractivity (Wildman–Crippen MR) is 116 cm³/mol. The van der Waals surface area contributed by atoms with Crippen molar-refractivity contribution in [1.29, 1.82) is 0 Å². The summed E-state index contributed by atoms with van der Waals surface area (Å²) in [5.41, 5.74) is 1.30. The van der Waals surface area contributed by atoms with Crippen LogP contribution in [0.4, 0.5) is 24.5 Å². The summed E-state index contributed by atoms with van der Waals surface area (Å²) < 4.78 is 46.3. The summed E-state index contributed by atoms with van der Waals surface area (Å²) in [7, 11) is 1.51. The Balaban J connectivity index is 1.72. The fourth-order valence-electron chi connectivity index (χ4n) is 3.37. The molecule has 3 aromatic carbocycles. The second-order valence-corrected chi connectivity index (χ2v) is 6.96. The van der Waals surface area contributed by atoms with Crippen LogP contribution in [-0.2, 0) is 9.59 Å². The minimum atomic E-state index is -4.82. The molecule has 1 aliphatic heterocycles. The second kappa shape index (κ2) is 8.70. The first-order valence-corrected chi connectivity index (χ1v) is 9.72. The average Bonchev–Trinajstić information content (AvgIpc) is 3.04. The highest BCUT2D eigenvalue weighted by Crippen LogP contribution is 2.34. The molecule has 33 heavy (non-hydrogen) atoms. The maximum atomic E-state index is 13.3. The number of nitrogens with zero attached hydrogens (tertiary/aromatic N) is 1. The van der Waals surface area contributed by atoms with E-state index in [2.05, 4.69) is 10.1 Å². The van der Waals surface area contributed by atoms with E-state index >= 15 is 0 Å². The molecule has 1 heterocycles. The Labute approximate surface area is 186 Å². The molecular weight excluding hydrogens is 437 g/mol. The molecular formula is C24H17F3N2O4. The van der Waals surface area contributed by atoms with Gasteiger partial charge in [-0.3, -0.25) is 9.59 Å². The molecule has 0 radical (unpaired) electrons. The number of imide groups is 1. The number of amides is 2. The monoisotopic (exact) mass is 454 g/mol. The molecule has 0 saturated carbocycles. The molecule has 0 saturated heterocycles. The van der Waals surface area contributed by atoms with Crippen molar-refractivity contribution in [2.45, 2.75) is 6.36 Å². The first-order chi connectivity index (χ1) is 15.8. The van der Waals surface area contributed by atoms with E-state index < -0.39 is 23.9 Å². The second-order valence-electron chi connectivity index (χ2n) is 6.96. The Kier molecular flexibility index (Phi) is 5.78. The van der Waals surface area contributed by atoms with E-state index in [1.54, 1.807) is 54.6 Å². The summed E-state index contributed by atoms with van der Waals surface area (Å²) in [5, 5.41) is 2.89. The number of benzene rings is 3. The zero-order valence-corrected chi connectivity index (χ0v) is 17.2. The van der Waals surface area contributed by atoms with Gasteiger partial charge in [0.2, 0.25) is 0 Å². The number of rotatable bonds is 6. The third kappa shape index (κ3) is 4.67. The zero-order chi connectivity index (χ0) is 23.6. The largest absolute Gasteiger partial charge is 0.573 e. The zero-order valence-electron chi connectivity index (χ0n) is 17.2. The quantitative estimate of drug-likeness (QED) is 0.532. The van der Waals surface area contributed by atoms with Crippen LogP contribution in [0.15, 0.2) is 84.6 Å². The van der Waals surface area contributed by atoms with Gasteiger partial charge in [0.05, 0.1) is 18.4 Å². The van der Waals surface area contributed by atoms with Gasteiger partial charge in [-0.25, -0.2) is 4.90 Å². The van der Waals surface area contributed by atoms with Gasteiger partial charge in [-0.2, -0.15) is 0 Å². The van der Waals surface area contributed by atoms with Crippen molar-refractivity contribution < 1.29 is 32.2 Å². The molecule has 0 atom stereocenters. The van der Waals surface area contributed by atoms with Crippen LogP contribution in [0.1, 0.15) is 5.56 Å². The predicted octanol–water partition coefficient (Wildman–Crippen LogP) is 4.99. The summed E-state index contributed by atoms with van der Waals surface area (Å²) in [6, 6.07) is 19.9. The summed E-state index contributed by atoms with van der Waals surface area (Å²) in [4.78, 5) is 27.6. The third-order valence-corrected chi connectivity index (χ3v) is 4.83. The van der Waals surface area contributed by atoms with E-state index in [-0.39, 0.29) is 11.3 Å². The Morgan fingerprint density at radius 3 is 1.97 bits per heavy atom. The molecule has 0 bridgehead atoms. The Morgan fingerprint density at radius 2 is 1.39 bits per heavy atom. The van der Waals surface area contributed by atoms with Crippen LogP contribution >= 0.6 is 0 Å². The normalized spacial score (nSPS) is 14.0. The summed E-state index contributed by atoms with van der Waals surface area (Å²) in [5.74, 6) is -0.952. The van der Waals surface area contributed by atoms with Gasteiger partial charge in [-0.1, -0.05) is 30.3 Å². The van der Waals surface area contributed by atoms with Gasteiger partial charge in [0.25, 0.3) is 11.8 Å². The lowest BCUT2D eigenvalue weighted by atomic mass is 10.0. The van der Waals surface area contributed by atoms with Crippen molar-refractivity contribution >= 4 is 28.8 Å². The first-order valence-electron chi connectivity index (χ1n) is 9.72. The van der Waals surface area contributed by atoms with Crippen LogP contribution in [0.3, 0.4) is 0 Å². The van der Waals surface area contributed by atoms with E-state index in [0.717, 1.165) is 17.0 Å². The lowest BCUT2D eigenvalue weighted by Gasteiger charge is -2.15. The highest BCUT2D eigenvalue weighted by atomic mass is 19.4. The molecule has 168 valence electrons. The number of alkyl halides is 3. The molecule has 0 fully saturated rings. The van der Waals surface area contributed by atoms with Gasteiger partial charge < -0.3 is 14.8 Å². The maximum absolute atomic E-state index is 13.3. The van der Waals surface area contributed by atoms with Crippen LogP contribution in [0, 0.1) is 0 Å². The van der Waals surface area contributed by atoms with Crippen LogP contribution in [0.2, 0.25) is 0 Å². The fraction of sp³-hybridized carbons (Fsp3) is 0.0833. The van der Waals surface area contributed by atoms with Gasteiger partial charge in [0, 0.05) is 5.69 Å². The minimum Gasteiger partial charge on any atom is -0.497 e. The molecule has 0 spiro atoms. The Morgan fingerprint density at radius 1 is 0.788 bits per heavy atom. The topological polar surface area (TPSA) is 67.9 Å². The van der Waals surface area contributed by atoms with Gasteiger partial charge >= 0.3 is 6.36 Å². The molecule has 9 heteroatoms. The Bertz CT molecular complexity index is 1210. The van der Waals surface area contributed by atoms with Crippen LogP contribution in [0.25, 0.3) is 5.57 Å². The molecule has 4 rings (SSSR count). The molecule has 0 unspecified atom stereocenters. The lowest BCUT2D eigenvalue weighted by Crippen LogP contribution is -2.32. The van der Waals surface area contributed by atoms with Crippen LogP contribution < -0.4 is 19.7 Å². The van der Waals surface area contributed by atoms with E-state index in [1.807, 2.05) is 0 Å². The Hall–Kier alpha value is -4.27. The number of para-hydroxylation sites is 1. The standard InChI is InChI=1S/C24H17F3N2O4/c1-32-18-11-7-15(8-12-18)20-21(23(31)29(22(20)30)17-5-3-2-4-6-17)28-16-9-13-19(14-10-16)33-24(25,26)27/h2-14,28H,1H3. The third-order valence-electron chi connectivity index (χ3n) is 4.83. The van der Waals surface area contributed by atoms with Crippen molar-refractivity contribution in [3.63, 3.8) is 0 Å². The van der Waals surface area contributed by atoms with Crippen molar-refractivity contribution in [1.82, 2.24) is 0 Å². The smallest absolute Gasteiger partial charge is 0.497 e. The molecule has 0 aromatic heterocycles. The maximum Gasteiger partial charge on any atom is 0.573 e. The number of methoxy groups -OCH3 is 1. The number of hydrogen-bond acceptors (Lipinski definition) is 5. The molecule has 1 N–H and O–H groups in total. The number of anilines is 2. The lowest BCUT2D eigenvalue weighted by molar-refractivity contribution is -0.274. The van der Waals surface area contributed by atoms with E-state index in [1.165, 1.54) is 19.2 Å². The number of carbonyl (C=O) groups excluding carboxylic acids is 2. The van der Waals surface area contributed by atoms with Crippen molar-refractivity contribution in [2.24, 2.45) is 0 Å². The van der Waals surface area contributed by atoms with E-state index in [0.29, 0.717) is 22.7 Å². The highest BCUT2D eigenvalue weighted by molar-refractivity contribution is 6.46.